The summed E-state index contributed by atoms with van der Waals surface area (Å²) in [4.78, 5) is 14.1. The normalized spacial score (nSPS) is 12.2. The quantitative estimate of drug-likeness (QED) is 0.661. The zero-order valence-corrected chi connectivity index (χ0v) is 12.8. The molecule has 0 aromatic rings. The molecule has 0 aliphatic carbocycles. The molecule has 0 rings (SSSR count). The lowest BCUT2D eigenvalue weighted by molar-refractivity contribution is -0.122. The van der Waals surface area contributed by atoms with E-state index < -0.39 is 0 Å². The lowest BCUT2D eigenvalue weighted by Crippen LogP contribution is -2.54. The second-order valence-electron chi connectivity index (χ2n) is 5.19. The molecule has 108 valence electrons. The number of likely N-dealkylation sites (N-methyl/N-ethyl adjacent to an activating group) is 1. The topological polar surface area (TPSA) is 58.4 Å². The second-order valence-corrected chi connectivity index (χ2v) is 5.19. The van der Waals surface area contributed by atoms with Crippen molar-refractivity contribution in [2.75, 3.05) is 19.6 Å². The Bertz CT molecular complexity index is 229. The van der Waals surface area contributed by atoms with Crippen LogP contribution in [0.4, 0.5) is 0 Å². The van der Waals surface area contributed by atoms with Gasteiger partial charge in [-0.2, -0.15) is 0 Å². The summed E-state index contributed by atoms with van der Waals surface area (Å²) in [6.07, 6.45) is 2.60. The minimum atomic E-state index is 0.0485. The van der Waals surface area contributed by atoms with Gasteiger partial charge in [0.25, 0.3) is 0 Å². The highest BCUT2D eigenvalue weighted by Gasteiger charge is 2.30. The Morgan fingerprint density at radius 1 is 1.28 bits per heavy atom. The second kappa shape index (κ2) is 8.48. The van der Waals surface area contributed by atoms with E-state index in [1.165, 1.54) is 0 Å². The molecule has 0 saturated carbocycles. The maximum atomic E-state index is 11.7. The minimum Gasteiger partial charge on any atom is -0.354 e. The zero-order valence-electron chi connectivity index (χ0n) is 12.8. The third-order valence-corrected chi connectivity index (χ3v) is 3.81. The van der Waals surface area contributed by atoms with Gasteiger partial charge < -0.3 is 11.1 Å². The molecule has 0 aromatic heterocycles. The maximum Gasteiger partial charge on any atom is 0.221 e. The molecule has 0 fully saturated rings. The summed E-state index contributed by atoms with van der Waals surface area (Å²) in [6.45, 7) is 12.8. The van der Waals surface area contributed by atoms with Crippen molar-refractivity contribution in [3.8, 4) is 0 Å². The first-order valence-electron chi connectivity index (χ1n) is 7.20. The van der Waals surface area contributed by atoms with E-state index in [-0.39, 0.29) is 17.5 Å². The molecule has 0 bridgehead atoms. The van der Waals surface area contributed by atoms with Gasteiger partial charge in [-0.3, -0.25) is 9.69 Å². The predicted octanol–water partition coefficient (Wildman–Crippen LogP) is 1.74. The van der Waals surface area contributed by atoms with Gasteiger partial charge in [0.05, 0.1) is 0 Å². The van der Waals surface area contributed by atoms with Crippen LogP contribution in [0.5, 0.6) is 0 Å². The fourth-order valence-electron chi connectivity index (χ4n) is 2.48. The zero-order chi connectivity index (χ0) is 14.2. The van der Waals surface area contributed by atoms with E-state index in [1.807, 2.05) is 13.8 Å². The van der Waals surface area contributed by atoms with E-state index in [0.29, 0.717) is 13.0 Å². The lowest BCUT2D eigenvalue weighted by atomic mass is 9.90. The molecule has 0 aliphatic rings. The first-order chi connectivity index (χ1) is 8.45. The summed E-state index contributed by atoms with van der Waals surface area (Å²) < 4.78 is 0. The molecule has 0 radical (unpaired) electrons. The molecule has 0 aliphatic heterocycles. The highest BCUT2D eigenvalue weighted by molar-refractivity contribution is 5.76. The van der Waals surface area contributed by atoms with Crippen molar-refractivity contribution in [1.82, 2.24) is 10.2 Å². The smallest absolute Gasteiger partial charge is 0.221 e. The van der Waals surface area contributed by atoms with E-state index in [2.05, 4.69) is 31.0 Å². The van der Waals surface area contributed by atoms with Gasteiger partial charge in [0.1, 0.15) is 0 Å². The van der Waals surface area contributed by atoms with E-state index in [0.717, 1.165) is 25.9 Å². The Morgan fingerprint density at radius 3 is 2.17 bits per heavy atom. The van der Waals surface area contributed by atoms with E-state index in [9.17, 15) is 4.79 Å². The molecule has 0 aromatic carbocycles. The monoisotopic (exact) mass is 257 g/mol. The van der Waals surface area contributed by atoms with Gasteiger partial charge in [-0.15, -0.1) is 0 Å². The highest BCUT2D eigenvalue weighted by Crippen LogP contribution is 2.22. The fraction of sp³-hybridized carbons (Fsp3) is 0.929. The van der Waals surface area contributed by atoms with Crippen LogP contribution in [-0.4, -0.2) is 42.0 Å². The minimum absolute atomic E-state index is 0.0485. The summed E-state index contributed by atoms with van der Waals surface area (Å²) in [6, 6.07) is 0.212. The molecule has 0 saturated heterocycles. The summed E-state index contributed by atoms with van der Waals surface area (Å²) in [5.74, 6) is 0.126. The van der Waals surface area contributed by atoms with Crippen molar-refractivity contribution in [1.29, 1.82) is 0 Å². The molecule has 3 N–H and O–H groups in total. The highest BCUT2D eigenvalue weighted by atomic mass is 16.1. The maximum absolute atomic E-state index is 11.7. The van der Waals surface area contributed by atoms with Crippen molar-refractivity contribution in [3.05, 3.63) is 0 Å². The van der Waals surface area contributed by atoms with Gasteiger partial charge in [-0.25, -0.2) is 0 Å². The largest absolute Gasteiger partial charge is 0.354 e. The Hall–Kier alpha value is -0.610. The average Bonchev–Trinajstić information content (AvgIpc) is 2.34. The first kappa shape index (κ1) is 17.4. The molecule has 4 nitrogen and oxygen atoms in total. The van der Waals surface area contributed by atoms with Crippen LogP contribution in [0.25, 0.3) is 0 Å². The molecule has 0 heterocycles. The molecule has 4 heteroatoms. The van der Waals surface area contributed by atoms with E-state index in [1.54, 1.807) is 0 Å². The number of rotatable bonds is 9. The third-order valence-electron chi connectivity index (χ3n) is 3.81. The molecule has 0 atom stereocenters. The van der Waals surface area contributed by atoms with Crippen molar-refractivity contribution < 1.29 is 4.79 Å². The van der Waals surface area contributed by atoms with Gasteiger partial charge in [-0.05, 0) is 33.2 Å². The van der Waals surface area contributed by atoms with Crippen LogP contribution < -0.4 is 11.1 Å². The van der Waals surface area contributed by atoms with Crippen LogP contribution in [0.15, 0.2) is 0 Å². The number of nitrogens with zero attached hydrogens (tertiary/aromatic N) is 1. The van der Waals surface area contributed by atoms with Crippen molar-refractivity contribution in [2.24, 2.45) is 5.73 Å². The predicted molar refractivity (Wildman–Crippen MR) is 77.5 cm³/mol. The molecule has 1 amide bonds. The molecular formula is C14H31N3O. The van der Waals surface area contributed by atoms with Crippen LogP contribution in [0.2, 0.25) is 0 Å². The van der Waals surface area contributed by atoms with Gasteiger partial charge in [0, 0.05) is 31.1 Å². The van der Waals surface area contributed by atoms with E-state index >= 15 is 0 Å². The summed E-state index contributed by atoms with van der Waals surface area (Å²) >= 11 is 0. The van der Waals surface area contributed by atoms with Crippen LogP contribution in [0.3, 0.4) is 0 Å². The first-order valence-corrected chi connectivity index (χ1v) is 7.20. The van der Waals surface area contributed by atoms with Crippen molar-refractivity contribution >= 4 is 5.91 Å². The number of nitrogens with two attached hydrogens (primary N) is 1. The van der Waals surface area contributed by atoms with Crippen molar-refractivity contribution in [2.45, 2.75) is 65.5 Å². The molecular weight excluding hydrogens is 226 g/mol. The summed E-state index contributed by atoms with van der Waals surface area (Å²) in [5.41, 5.74) is 6.00. The number of hydrogen-bond acceptors (Lipinski definition) is 3. The van der Waals surface area contributed by atoms with Gasteiger partial charge in [-0.1, -0.05) is 20.8 Å². The fourth-order valence-corrected chi connectivity index (χ4v) is 2.48. The lowest BCUT2D eigenvalue weighted by Gasteiger charge is -2.42. The number of hydrogen-bond donors (Lipinski definition) is 2. The number of nitrogens with one attached hydrogen (secondary N) is 1. The van der Waals surface area contributed by atoms with Gasteiger partial charge >= 0.3 is 0 Å². The Balaban J connectivity index is 4.46. The third kappa shape index (κ3) is 4.94. The molecule has 0 spiro atoms. The van der Waals surface area contributed by atoms with Crippen LogP contribution in [0, 0.1) is 0 Å². The van der Waals surface area contributed by atoms with Crippen molar-refractivity contribution in [3.63, 3.8) is 0 Å². The summed E-state index contributed by atoms with van der Waals surface area (Å²) in [7, 11) is 0. The Labute approximate surface area is 112 Å². The summed E-state index contributed by atoms with van der Waals surface area (Å²) in [5, 5.41) is 2.93. The van der Waals surface area contributed by atoms with Crippen LogP contribution in [0.1, 0.15) is 53.9 Å². The van der Waals surface area contributed by atoms with Gasteiger partial charge in [0.15, 0.2) is 0 Å². The molecule has 0 unspecified atom stereocenters. The number of carbonyl (C=O) groups excluding carboxylic acids is 1. The standard InChI is InChI=1S/C14H31N3O/c1-6-14(7-2,11-15)17(8-3)10-9-13(18)16-12(4)5/h12H,6-11,15H2,1-5H3,(H,16,18). The Morgan fingerprint density at radius 2 is 1.83 bits per heavy atom. The average molecular weight is 257 g/mol. The Kier molecular flexibility index (Phi) is 8.20. The van der Waals surface area contributed by atoms with Gasteiger partial charge in [0.2, 0.25) is 5.91 Å². The van der Waals surface area contributed by atoms with Crippen LogP contribution >= 0.6 is 0 Å². The SMILES string of the molecule is CCN(CCC(=O)NC(C)C)C(CC)(CC)CN. The number of amides is 1. The van der Waals surface area contributed by atoms with Crippen LogP contribution in [-0.2, 0) is 4.79 Å². The number of carbonyl (C=O) groups is 1. The molecule has 18 heavy (non-hydrogen) atoms. The van der Waals surface area contributed by atoms with E-state index in [4.69, 9.17) is 5.73 Å².